The van der Waals surface area contributed by atoms with Gasteiger partial charge < -0.3 is 9.42 Å². The van der Waals surface area contributed by atoms with Crippen LogP contribution in [0.15, 0.2) is 32.0 Å². The number of piperazine rings is 1. The number of thiophene rings is 1. The Morgan fingerprint density at radius 1 is 1.24 bits per heavy atom. The maximum absolute atomic E-state index is 12.9. The van der Waals surface area contributed by atoms with Crippen molar-refractivity contribution in [2.24, 2.45) is 0 Å². The van der Waals surface area contributed by atoms with E-state index in [0.717, 1.165) is 0 Å². The number of carbonyl (C=O) groups is 1. The SMILES string of the molecule is Cc1noc(C)c1S(=O)(=O)N1CCN(C(=O)Cn2cnc3ccsc3c2=O)CC1. The molecule has 0 atom stereocenters. The lowest BCUT2D eigenvalue weighted by Gasteiger charge is -2.34. The van der Waals surface area contributed by atoms with Crippen molar-refractivity contribution in [1.29, 1.82) is 0 Å². The molecule has 1 fully saturated rings. The molecule has 4 heterocycles. The van der Waals surface area contributed by atoms with Crippen molar-refractivity contribution in [2.45, 2.75) is 25.3 Å². The van der Waals surface area contributed by atoms with E-state index in [-0.39, 0.29) is 54.8 Å². The maximum atomic E-state index is 12.9. The second-order valence-electron chi connectivity index (χ2n) is 6.75. The second-order valence-corrected chi connectivity index (χ2v) is 9.54. The van der Waals surface area contributed by atoms with E-state index in [1.54, 1.807) is 30.2 Å². The third kappa shape index (κ3) is 3.47. The standard InChI is InChI=1S/C17H19N5O5S2/c1-11-16(12(2)27-19-11)29(25,26)22-6-4-20(5-7-22)14(23)9-21-10-18-13-3-8-28-15(13)17(21)24/h3,8,10H,4-7,9H2,1-2H3. The number of aryl methyl sites for hydroxylation is 2. The number of rotatable bonds is 4. The van der Waals surface area contributed by atoms with Gasteiger partial charge in [-0.1, -0.05) is 5.16 Å². The maximum Gasteiger partial charge on any atom is 0.271 e. The van der Waals surface area contributed by atoms with Crippen LogP contribution in [0.2, 0.25) is 0 Å². The first-order chi connectivity index (χ1) is 13.8. The van der Waals surface area contributed by atoms with E-state index in [4.69, 9.17) is 4.52 Å². The largest absolute Gasteiger partial charge is 0.360 e. The van der Waals surface area contributed by atoms with E-state index in [9.17, 15) is 18.0 Å². The number of aromatic nitrogens is 3. The van der Waals surface area contributed by atoms with Crippen molar-refractivity contribution in [3.63, 3.8) is 0 Å². The molecule has 1 aliphatic rings. The lowest BCUT2D eigenvalue weighted by Crippen LogP contribution is -2.51. The molecule has 29 heavy (non-hydrogen) atoms. The quantitative estimate of drug-likeness (QED) is 0.586. The van der Waals surface area contributed by atoms with Gasteiger partial charge >= 0.3 is 0 Å². The predicted octanol–water partition coefficient (Wildman–Crippen LogP) is 0.596. The Balaban J connectivity index is 1.44. The molecule has 0 N–H and O–H groups in total. The fraction of sp³-hybridized carbons (Fsp3) is 0.412. The molecule has 0 aromatic carbocycles. The average Bonchev–Trinajstić information content (AvgIpc) is 3.31. The number of nitrogens with zero attached hydrogens (tertiary/aromatic N) is 5. The van der Waals surface area contributed by atoms with Crippen LogP contribution in [0.4, 0.5) is 0 Å². The highest BCUT2D eigenvalue weighted by Crippen LogP contribution is 2.24. The van der Waals surface area contributed by atoms with Crippen molar-refractivity contribution in [2.75, 3.05) is 26.2 Å². The predicted molar refractivity (Wildman–Crippen MR) is 105 cm³/mol. The van der Waals surface area contributed by atoms with Crippen LogP contribution in [0.5, 0.6) is 0 Å². The van der Waals surface area contributed by atoms with Gasteiger partial charge in [0.05, 0.1) is 11.8 Å². The first kappa shape index (κ1) is 19.7. The Hall–Kier alpha value is -2.57. The molecule has 12 heteroatoms. The molecule has 1 saturated heterocycles. The molecule has 3 aromatic rings. The number of amides is 1. The molecule has 0 spiro atoms. The molecule has 0 unspecified atom stereocenters. The van der Waals surface area contributed by atoms with Gasteiger partial charge in [0.25, 0.3) is 5.56 Å². The monoisotopic (exact) mass is 437 g/mol. The van der Waals surface area contributed by atoms with Crippen LogP contribution in [0.1, 0.15) is 11.5 Å². The zero-order chi connectivity index (χ0) is 20.8. The lowest BCUT2D eigenvalue weighted by molar-refractivity contribution is -0.133. The van der Waals surface area contributed by atoms with E-state index in [0.29, 0.717) is 15.9 Å². The number of sulfonamides is 1. The van der Waals surface area contributed by atoms with Crippen LogP contribution in [-0.2, 0) is 21.4 Å². The lowest BCUT2D eigenvalue weighted by atomic mass is 10.3. The molecule has 0 bridgehead atoms. The number of hydrogen-bond donors (Lipinski definition) is 0. The van der Waals surface area contributed by atoms with Crippen molar-refractivity contribution < 1.29 is 17.7 Å². The highest BCUT2D eigenvalue weighted by molar-refractivity contribution is 7.89. The molecule has 1 aliphatic heterocycles. The smallest absolute Gasteiger partial charge is 0.271 e. The Morgan fingerprint density at radius 3 is 2.62 bits per heavy atom. The van der Waals surface area contributed by atoms with E-state index in [2.05, 4.69) is 10.1 Å². The van der Waals surface area contributed by atoms with E-state index >= 15 is 0 Å². The van der Waals surface area contributed by atoms with Crippen LogP contribution in [0.3, 0.4) is 0 Å². The van der Waals surface area contributed by atoms with Gasteiger partial charge in [-0.3, -0.25) is 14.2 Å². The fourth-order valence-electron chi connectivity index (χ4n) is 3.39. The Kier molecular flexibility index (Phi) is 5.00. The molecule has 10 nitrogen and oxygen atoms in total. The summed E-state index contributed by atoms with van der Waals surface area (Å²) >= 11 is 1.29. The number of carbonyl (C=O) groups excluding carboxylic acids is 1. The van der Waals surface area contributed by atoms with Gasteiger partial charge in [-0.2, -0.15) is 4.31 Å². The summed E-state index contributed by atoms with van der Waals surface area (Å²) in [5, 5.41) is 5.49. The summed E-state index contributed by atoms with van der Waals surface area (Å²) in [4.78, 5) is 30.9. The second kappa shape index (κ2) is 7.35. The molecular weight excluding hydrogens is 418 g/mol. The van der Waals surface area contributed by atoms with Crippen molar-refractivity contribution in [3.8, 4) is 0 Å². The summed E-state index contributed by atoms with van der Waals surface area (Å²) in [7, 11) is -3.74. The zero-order valence-electron chi connectivity index (χ0n) is 15.9. The summed E-state index contributed by atoms with van der Waals surface area (Å²) < 4.78 is 33.8. The normalized spacial score (nSPS) is 15.9. The topological polar surface area (TPSA) is 119 Å². The van der Waals surface area contributed by atoms with Crippen molar-refractivity contribution in [3.05, 3.63) is 39.6 Å². The minimum Gasteiger partial charge on any atom is -0.360 e. The van der Waals surface area contributed by atoms with E-state index in [1.807, 2.05) is 0 Å². The summed E-state index contributed by atoms with van der Waals surface area (Å²) in [6.07, 6.45) is 1.37. The van der Waals surface area contributed by atoms with Crippen molar-refractivity contribution >= 4 is 37.5 Å². The summed E-state index contributed by atoms with van der Waals surface area (Å²) in [5.74, 6) is -0.00366. The molecular formula is C17H19N5O5S2. The van der Waals surface area contributed by atoms with Gasteiger partial charge in [-0.15, -0.1) is 11.3 Å². The molecule has 0 aliphatic carbocycles. The fourth-order valence-corrected chi connectivity index (χ4v) is 5.89. The molecule has 3 aromatic heterocycles. The zero-order valence-corrected chi connectivity index (χ0v) is 17.5. The van der Waals surface area contributed by atoms with Crippen LogP contribution in [0, 0.1) is 13.8 Å². The Bertz CT molecular complexity index is 1220. The Labute approximate surface area is 170 Å². The molecule has 1 amide bonds. The summed E-state index contributed by atoms with van der Waals surface area (Å²) in [5.41, 5.74) is 0.677. The molecule has 0 radical (unpaired) electrons. The molecule has 4 rings (SSSR count). The van der Waals surface area contributed by atoms with Gasteiger partial charge in [0.1, 0.15) is 21.8 Å². The van der Waals surface area contributed by atoms with E-state index in [1.165, 1.54) is 26.5 Å². The van der Waals surface area contributed by atoms with Crippen LogP contribution in [-0.4, -0.2) is 64.4 Å². The number of hydrogen-bond acceptors (Lipinski definition) is 8. The highest BCUT2D eigenvalue weighted by atomic mass is 32.2. The highest BCUT2D eigenvalue weighted by Gasteiger charge is 2.34. The van der Waals surface area contributed by atoms with Gasteiger partial charge in [-0.05, 0) is 25.3 Å². The van der Waals surface area contributed by atoms with Crippen LogP contribution in [0.25, 0.3) is 10.2 Å². The third-order valence-corrected chi connectivity index (χ3v) is 7.93. The number of fused-ring (bicyclic) bond motifs is 1. The Morgan fingerprint density at radius 2 is 1.97 bits per heavy atom. The van der Waals surface area contributed by atoms with Crippen LogP contribution >= 0.6 is 11.3 Å². The minimum atomic E-state index is -3.74. The first-order valence-corrected chi connectivity index (χ1v) is 11.2. The summed E-state index contributed by atoms with van der Waals surface area (Å²) in [6, 6.07) is 1.76. The van der Waals surface area contributed by atoms with Gasteiger partial charge in [-0.25, -0.2) is 13.4 Å². The first-order valence-electron chi connectivity index (χ1n) is 8.92. The van der Waals surface area contributed by atoms with E-state index < -0.39 is 10.0 Å². The molecule has 0 saturated carbocycles. The minimum absolute atomic E-state index is 0.0825. The van der Waals surface area contributed by atoms with Gasteiger partial charge in [0.2, 0.25) is 15.9 Å². The van der Waals surface area contributed by atoms with Gasteiger partial charge in [0.15, 0.2) is 5.76 Å². The molecule has 154 valence electrons. The van der Waals surface area contributed by atoms with Crippen LogP contribution < -0.4 is 5.56 Å². The van der Waals surface area contributed by atoms with Crippen molar-refractivity contribution in [1.82, 2.24) is 23.9 Å². The third-order valence-electron chi connectivity index (χ3n) is 4.90. The van der Waals surface area contributed by atoms with Gasteiger partial charge in [0, 0.05) is 26.2 Å². The average molecular weight is 438 g/mol. The summed E-state index contributed by atoms with van der Waals surface area (Å²) in [6.45, 7) is 3.82.